The Balaban J connectivity index is 3.58. The van der Waals surface area contributed by atoms with Gasteiger partial charge in [0.1, 0.15) is 0 Å². The Morgan fingerprint density at radius 2 is 2.29 bits per heavy atom. The molecule has 0 saturated heterocycles. The summed E-state index contributed by atoms with van der Waals surface area (Å²) in [6.45, 7) is 0. The van der Waals surface area contributed by atoms with Crippen LogP contribution in [0.15, 0.2) is 0 Å². The average molecular weight is 143 g/mol. The summed E-state index contributed by atoms with van der Waals surface area (Å²) in [6.07, 6.45) is 0. The van der Waals surface area contributed by atoms with Crippen molar-refractivity contribution in [2.24, 2.45) is 0 Å². The summed E-state index contributed by atoms with van der Waals surface area (Å²) >= 11 is 2.46. The van der Waals surface area contributed by atoms with Crippen LogP contribution in [0, 0.1) is 0 Å². The second-order valence-corrected chi connectivity index (χ2v) is 1.98. The van der Waals surface area contributed by atoms with Crippen molar-refractivity contribution >= 4 is 27.8 Å². The van der Waals surface area contributed by atoms with Crippen LogP contribution < -0.4 is 0 Å². The lowest BCUT2D eigenvalue weighted by Gasteiger charge is -1.80. The molecule has 0 fully saturated rings. The monoisotopic (exact) mass is 142 g/mol. The highest BCUT2D eigenvalue weighted by Crippen LogP contribution is 1.80. The van der Waals surface area contributed by atoms with E-state index < -0.39 is 22.1 Å². The predicted octanol–water partition coefficient (Wildman–Crippen LogP) is -0.0265. The number of alkyl halides is 1. The van der Waals surface area contributed by atoms with E-state index in [1.54, 1.807) is 0 Å². The molecule has 0 aromatic heterocycles. The van der Waals surface area contributed by atoms with Crippen LogP contribution in [-0.2, 0) is 15.9 Å². The van der Waals surface area contributed by atoms with Crippen LogP contribution in [0.2, 0.25) is 0 Å². The summed E-state index contributed by atoms with van der Waals surface area (Å²) in [5.41, 5.74) is 0. The van der Waals surface area contributed by atoms with Gasteiger partial charge in [-0.25, -0.2) is 4.21 Å². The lowest BCUT2D eigenvalue weighted by Crippen LogP contribution is -2.05. The van der Waals surface area contributed by atoms with Crippen molar-refractivity contribution in [2.45, 2.75) is 0 Å². The van der Waals surface area contributed by atoms with Gasteiger partial charge in [0.2, 0.25) is 11.1 Å². The smallest absolute Gasteiger partial charge is 0.260 e. The van der Waals surface area contributed by atoms with Crippen molar-refractivity contribution in [3.05, 3.63) is 0 Å². The second-order valence-electron chi connectivity index (χ2n) is 0.755. The minimum atomic E-state index is -2.38. The normalized spacial score (nSPS) is 13.4. The highest BCUT2D eigenvalue weighted by molar-refractivity contribution is 7.95. The van der Waals surface area contributed by atoms with Crippen LogP contribution in [0.4, 0.5) is 0 Å². The number of hydrogen-bond donors (Lipinski definition) is 1. The first-order valence-electron chi connectivity index (χ1n) is 1.38. The van der Waals surface area contributed by atoms with Gasteiger partial charge in [-0.05, 0) is 0 Å². The zero-order chi connectivity index (χ0) is 5.86. The van der Waals surface area contributed by atoms with Crippen molar-refractivity contribution in [1.29, 1.82) is 0 Å². The van der Waals surface area contributed by atoms with Crippen LogP contribution in [0.3, 0.4) is 0 Å². The lowest BCUT2D eigenvalue weighted by molar-refractivity contribution is -0.109. The molecule has 0 radical (unpaired) electrons. The van der Waals surface area contributed by atoms with Gasteiger partial charge in [0.15, 0.2) is 0 Å². The topological polar surface area (TPSA) is 54.4 Å². The fraction of sp³-hybridized carbons (Fsp3) is 0.500. The summed E-state index contributed by atoms with van der Waals surface area (Å²) in [7, 11) is 0. The Bertz CT molecular complexity index is 101. The zero-order valence-corrected chi connectivity index (χ0v) is 4.83. The summed E-state index contributed by atoms with van der Waals surface area (Å²) in [5.74, 6) is -0.400. The molecular formula is C2H3ClO3S. The van der Waals surface area contributed by atoms with Gasteiger partial charge >= 0.3 is 0 Å². The molecule has 1 atom stereocenters. The number of carbonyl (C=O) groups excluding carboxylic acids is 1. The maximum atomic E-state index is 9.83. The summed E-state index contributed by atoms with van der Waals surface area (Å²) in [4.78, 5) is 9.83. The van der Waals surface area contributed by atoms with Gasteiger partial charge in [0.25, 0.3) is 5.12 Å². The third-order valence-corrected chi connectivity index (χ3v) is 1.24. The minimum absolute atomic E-state index is 0.400. The largest absolute Gasteiger partial charge is 0.300 e. The van der Waals surface area contributed by atoms with Gasteiger partial charge in [-0.15, -0.1) is 11.6 Å². The number of hydrogen-bond acceptors (Lipinski definition) is 2. The van der Waals surface area contributed by atoms with Crippen LogP contribution in [0.1, 0.15) is 0 Å². The zero-order valence-electron chi connectivity index (χ0n) is 3.26. The molecular weight excluding hydrogens is 140 g/mol. The molecule has 0 aromatic rings. The maximum Gasteiger partial charge on any atom is 0.260 e. The summed E-state index contributed by atoms with van der Waals surface area (Å²) in [6, 6.07) is 0. The first kappa shape index (κ1) is 7.07. The van der Waals surface area contributed by atoms with Crippen molar-refractivity contribution in [2.75, 3.05) is 5.88 Å². The third-order valence-electron chi connectivity index (χ3n) is 0.304. The predicted molar refractivity (Wildman–Crippen MR) is 26.5 cm³/mol. The Hall–Kier alpha value is 0.0700. The van der Waals surface area contributed by atoms with Gasteiger partial charge in [-0.2, -0.15) is 0 Å². The molecule has 5 heteroatoms. The molecule has 7 heavy (non-hydrogen) atoms. The fourth-order valence-corrected chi connectivity index (χ4v) is 0.420. The lowest BCUT2D eigenvalue weighted by atomic mass is 10.9. The van der Waals surface area contributed by atoms with E-state index in [2.05, 4.69) is 0 Å². The van der Waals surface area contributed by atoms with Gasteiger partial charge in [0.05, 0.1) is 5.88 Å². The van der Waals surface area contributed by atoms with E-state index in [0.29, 0.717) is 0 Å². The van der Waals surface area contributed by atoms with Crippen molar-refractivity contribution < 1.29 is 13.6 Å². The molecule has 0 heterocycles. The van der Waals surface area contributed by atoms with E-state index >= 15 is 0 Å². The van der Waals surface area contributed by atoms with Crippen LogP contribution >= 0.6 is 11.6 Å². The molecule has 0 spiro atoms. The number of carbonyl (C=O) groups is 1. The van der Waals surface area contributed by atoms with Gasteiger partial charge < -0.3 is 0 Å². The first-order valence-corrected chi connectivity index (χ1v) is 3.02. The van der Waals surface area contributed by atoms with Gasteiger partial charge in [-0.3, -0.25) is 9.35 Å². The van der Waals surface area contributed by atoms with Crippen molar-refractivity contribution in [1.82, 2.24) is 0 Å². The molecule has 0 rings (SSSR count). The van der Waals surface area contributed by atoms with Crippen LogP contribution in [-0.4, -0.2) is 19.8 Å². The fourth-order valence-electron chi connectivity index (χ4n) is 0.0467. The van der Waals surface area contributed by atoms with E-state index in [1.165, 1.54) is 0 Å². The van der Waals surface area contributed by atoms with E-state index in [9.17, 15) is 9.00 Å². The molecule has 0 amide bonds. The maximum absolute atomic E-state index is 9.83. The molecule has 1 N–H and O–H groups in total. The molecule has 42 valence electrons. The molecule has 0 aliphatic carbocycles. The number of halogens is 1. The summed E-state index contributed by atoms with van der Waals surface area (Å²) < 4.78 is 17.5. The SMILES string of the molecule is O=C(CCl)S(=O)O. The Morgan fingerprint density at radius 1 is 1.86 bits per heavy atom. The van der Waals surface area contributed by atoms with E-state index in [0.717, 1.165) is 0 Å². The van der Waals surface area contributed by atoms with Crippen molar-refractivity contribution in [3.63, 3.8) is 0 Å². The van der Waals surface area contributed by atoms with Crippen LogP contribution in [0.25, 0.3) is 0 Å². The minimum Gasteiger partial charge on any atom is -0.300 e. The molecule has 1 unspecified atom stereocenters. The number of rotatable bonds is 1. The molecule has 0 aliphatic heterocycles. The first-order chi connectivity index (χ1) is 3.18. The van der Waals surface area contributed by atoms with E-state index in [1.807, 2.05) is 0 Å². The van der Waals surface area contributed by atoms with E-state index in [-0.39, 0.29) is 0 Å². The highest BCUT2D eigenvalue weighted by Gasteiger charge is 2.03. The quantitative estimate of drug-likeness (QED) is 0.413. The molecule has 0 aliphatic rings. The molecule has 0 aromatic carbocycles. The molecule has 0 saturated carbocycles. The average Bonchev–Trinajstić information content (AvgIpc) is 1.65. The van der Waals surface area contributed by atoms with Gasteiger partial charge in [-0.1, -0.05) is 0 Å². The Labute approximate surface area is 47.9 Å². The molecule has 3 nitrogen and oxygen atoms in total. The van der Waals surface area contributed by atoms with Crippen LogP contribution in [0.5, 0.6) is 0 Å². The summed E-state index contributed by atoms with van der Waals surface area (Å²) in [5, 5.41) is -0.860. The second kappa shape index (κ2) is 3.12. The Kier molecular flexibility index (Phi) is 3.15. The van der Waals surface area contributed by atoms with Gasteiger partial charge in [0, 0.05) is 0 Å². The van der Waals surface area contributed by atoms with Crippen molar-refractivity contribution in [3.8, 4) is 0 Å². The third kappa shape index (κ3) is 2.73. The standard InChI is InChI=1S/C2H3ClO3S/c3-1-2(4)7(5)6/h1H2,(H,5,6). The molecule has 0 bridgehead atoms. The van der Waals surface area contributed by atoms with E-state index in [4.69, 9.17) is 16.2 Å². The highest BCUT2D eigenvalue weighted by atomic mass is 35.5. The Morgan fingerprint density at radius 3 is 2.29 bits per heavy atom.